The Morgan fingerprint density at radius 2 is 1.94 bits per heavy atom. The molecule has 1 aromatic rings. The van der Waals surface area contributed by atoms with E-state index in [9.17, 15) is 13.6 Å². The lowest BCUT2D eigenvalue weighted by Gasteiger charge is -2.08. The van der Waals surface area contributed by atoms with Gasteiger partial charge in [-0.1, -0.05) is 23.2 Å². The second-order valence-corrected chi connectivity index (χ2v) is 3.42. The van der Waals surface area contributed by atoms with Crippen molar-refractivity contribution in [3.05, 3.63) is 22.4 Å². The summed E-state index contributed by atoms with van der Waals surface area (Å²) in [5, 5.41) is 9.69. The highest BCUT2D eigenvalue weighted by molar-refractivity contribution is 6.33. The molecule has 0 radical (unpaired) electrons. The minimum Gasteiger partial charge on any atom is -0.320 e. The van der Waals surface area contributed by atoms with Crippen LogP contribution in [0.5, 0.6) is 0 Å². The SMILES string of the molecule is N#CC(F)(F)C(=O)Nc1cc(Cl)nc(Cl)c1. The van der Waals surface area contributed by atoms with Crippen LogP contribution in [0.2, 0.25) is 10.3 Å². The third kappa shape index (κ3) is 3.02. The van der Waals surface area contributed by atoms with Gasteiger partial charge in [0.25, 0.3) is 0 Å². The number of halogens is 4. The van der Waals surface area contributed by atoms with E-state index in [-0.39, 0.29) is 16.0 Å². The number of pyridine rings is 1. The van der Waals surface area contributed by atoms with E-state index in [1.54, 1.807) is 5.32 Å². The number of anilines is 1. The number of nitrogens with one attached hydrogen (secondary N) is 1. The Bertz CT molecular complexity index is 453. The Morgan fingerprint density at radius 3 is 2.38 bits per heavy atom. The lowest BCUT2D eigenvalue weighted by Crippen LogP contribution is -2.32. The number of carbonyl (C=O) groups excluding carboxylic acids is 1. The van der Waals surface area contributed by atoms with Crippen molar-refractivity contribution in [2.75, 3.05) is 5.32 Å². The van der Waals surface area contributed by atoms with Crippen molar-refractivity contribution < 1.29 is 13.6 Å². The fourth-order valence-corrected chi connectivity index (χ4v) is 1.26. The van der Waals surface area contributed by atoms with Gasteiger partial charge in [0.15, 0.2) is 0 Å². The predicted octanol–water partition coefficient (Wildman–Crippen LogP) is 2.49. The van der Waals surface area contributed by atoms with Gasteiger partial charge in [0.1, 0.15) is 16.4 Å². The number of nitriles is 1. The van der Waals surface area contributed by atoms with E-state index in [0.717, 1.165) is 12.1 Å². The molecule has 0 spiro atoms. The van der Waals surface area contributed by atoms with Crippen molar-refractivity contribution in [1.29, 1.82) is 5.26 Å². The molecule has 1 amide bonds. The van der Waals surface area contributed by atoms with Crippen molar-refractivity contribution >= 4 is 34.8 Å². The Labute approximate surface area is 98.8 Å². The molecule has 4 nitrogen and oxygen atoms in total. The van der Waals surface area contributed by atoms with Crippen molar-refractivity contribution in [3.63, 3.8) is 0 Å². The van der Waals surface area contributed by atoms with Gasteiger partial charge < -0.3 is 5.32 Å². The number of alkyl halides is 2. The normalized spacial score (nSPS) is 10.7. The van der Waals surface area contributed by atoms with Crippen LogP contribution in [-0.4, -0.2) is 16.8 Å². The van der Waals surface area contributed by atoms with E-state index in [0.29, 0.717) is 6.07 Å². The summed E-state index contributed by atoms with van der Waals surface area (Å²) in [6.07, 6.45) is 0. The van der Waals surface area contributed by atoms with Gasteiger partial charge in [-0.15, -0.1) is 0 Å². The summed E-state index contributed by atoms with van der Waals surface area (Å²) in [6.45, 7) is 0. The molecule has 1 N–H and O–H groups in total. The van der Waals surface area contributed by atoms with Crippen LogP contribution in [0.4, 0.5) is 14.5 Å². The van der Waals surface area contributed by atoms with E-state index < -0.39 is 11.8 Å². The molecule has 8 heteroatoms. The topological polar surface area (TPSA) is 65.8 Å². The zero-order valence-electron chi connectivity index (χ0n) is 7.47. The highest BCUT2D eigenvalue weighted by Crippen LogP contribution is 2.21. The maximum Gasteiger partial charge on any atom is 0.408 e. The van der Waals surface area contributed by atoms with Crippen molar-refractivity contribution in [3.8, 4) is 6.07 Å². The molecule has 0 aliphatic heterocycles. The second kappa shape index (κ2) is 4.60. The molecular weight excluding hydrogens is 263 g/mol. The summed E-state index contributed by atoms with van der Waals surface area (Å²) >= 11 is 11.0. The minimum absolute atomic E-state index is 0.0649. The van der Waals surface area contributed by atoms with Crippen molar-refractivity contribution in [1.82, 2.24) is 4.98 Å². The number of nitrogens with zero attached hydrogens (tertiary/aromatic N) is 2. The van der Waals surface area contributed by atoms with Gasteiger partial charge >= 0.3 is 11.8 Å². The zero-order valence-corrected chi connectivity index (χ0v) is 8.98. The first kappa shape index (κ1) is 12.6. The molecule has 0 aliphatic rings. The number of carbonyl (C=O) groups is 1. The van der Waals surface area contributed by atoms with E-state index in [4.69, 9.17) is 28.5 Å². The monoisotopic (exact) mass is 265 g/mol. The van der Waals surface area contributed by atoms with Gasteiger partial charge in [-0.25, -0.2) is 4.98 Å². The van der Waals surface area contributed by atoms with Gasteiger partial charge in [0.2, 0.25) is 0 Å². The van der Waals surface area contributed by atoms with E-state index in [1.165, 1.54) is 0 Å². The molecule has 0 saturated heterocycles. The molecule has 16 heavy (non-hydrogen) atoms. The van der Waals surface area contributed by atoms with E-state index >= 15 is 0 Å². The van der Waals surface area contributed by atoms with Crippen LogP contribution < -0.4 is 5.32 Å². The third-order valence-corrected chi connectivity index (χ3v) is 1.83. The Kier molecular flexibility index (Phi) is 3.62. The molecule has 1 rings (SSSR count). The second-order valence-electron chi connectivity index (χ2n) is 2.64. The fraction of sp³-hybridized carbons (Fsp3) is 0.125. The molecular formula is C8H3Cl2F2N3O. The molecule has 1 aromatic heterocycles. The lowest BCUT2D eigenvalue weighted by atomic mass is 10.3. The standard InChI is InChI=1S/C8H3Cl2F2N3O/c9-5-1-4(2-6(10)15-5)14-7(16)8(11,12)3-13/h1-2H,(H,14,15,16). The van der Waals surface area contributed by atoms with Gasteiger partial charge in [0, 0.05) is 5.69 Å². The lowest BCUT2D eigenvalue weighted by molar-refractivity contribution is -0.132. The van der Waals surface area contributed by atoms with Gasteiger partial charge in [0.05, 0.1) is 0 Å². The Hall–Kier alpha value is -1.45. The molecule has 0 bridgehead atoms. The summed E-state index contributed by atoms with van der Waals surface area (Å²) in [4.78, 5) is 14.4. The quantitative estimate of drug-likeness (QED) is 0.836. The van der Waals surface area contributed by atoms with Crippen molar-refractivity contribution in [2.45, 2.75) is 5.92 Å². The average molecular weight is 266 g/mol. The first-order valence-corrected chi connectivity index (χ1v) is 4.54. The summed E-state index contributed by atoms with van der Waals surface area (Å²) in [6, 6.07) is 2.81. The number of hydrogen-bond acceptors (Lipinski definition) is 3. The average Bonchev–Trinajstić information content (AvgIpc) is 2.15. The molecule has 0 unspecified atom stereocenters. The number of hydrogen-bond donors (Lipinski definition) is 1. The van der Waals surface area contributed by atoms with Gasteiger partial charge in [-0.2, -0.15) is 14.0 Å². The highest BCUT2D eigenvalue weighted by Gasteiger charge is 2.38. The van der Waals surface area contributed by atoms with Crippen LogP contribution >= 0.6 is 23.2 Å². The summed E-state index contributed by atoms with van der Waals surface area (Å²) in [7, 11) is 0. The first-order chi connectivity index (χ1) is 7.35. The molecule has 1 heterocycles. The van der Waals surface area contributed by atoms with Crippen LogP contribution in [0, 0.1) is 11.3 Å². The third-order valence-electron chi connectivity index (χ3n) is 1.45. The molecule has 0 aromatic carbocycles. The Balaban J connectivity index is 2.90. The Morgan fingerprint density at radius 1 is 1.44 bits per heavy atom. The first-order valence-electron chi connectivity index (χ1n) is 3.79. The molecule has 0 saturated carbocycles. The van der Waals surface area contributed by atoms with E-state index in [2.05, 4.69) is 4.98 Å². The smallest absolute Gasteiger partial charge is 0.320 e. The molecule has 0 atom stereocenters. The van der Waals surface area contributed by atoms with Crippen LogP contribution in [0.3, 0.4) is 0 Å². The minimum atomic E-state index is -4.11. The van der Waals surface area contributed by atoms with Gasteiger partial charge in [-0.05, 0) is 12.1 Å². The van der Waals surface area contributed by atoms with Crippen LogP contribution in [0.25, 0.3) is 0 Å². The maximum atomic E-state index is 12.6. The number of rotatable bonds is 2. The maximum absolute atomic E-state index is 12.6. The van der Waals surface area contributed by atoms with E-state index in [1.807, 2.05) is 0 Å². The highest BCUT2D eigenvalue weighted by atomic mass is 35.5. The van der Waals surface area contributed by atoms with Crippen LogP contribution in [-0.2, 0) is 4.79 Å². The molecule has 84 valence electrons. The van der Waals surface area contributed by atoms with Gasteiger partial charge in [-0.3, -0.25) is 4.79 Å². The summed E-state index contributed by atoms with van der Waals surface area (Å²) in [5.74, 6) is -5.87. The van der Waals surface area contributed by atoms with Crippen LogP contribution in [0.1, 0.15) is 0 Å². The van der Waals surface area contributed by atoms with Crippen molar-refractivity contribution in [2.24, 2.45) is 0 Å². The fourth-order valence-electron chi connectivity index (χ4n) is 0.797. The largest absolute Gasteiger partial charge is 0.408 e. The number of aromatic nitrogens is 1. The summed E-state index contributed by atoms with van der Waals surface area (Å²) in [5.41, 5.74) is -0.0649. The molecule has 0 aliphatic carbocycles. The molecule has 0 fully saturated rings. The van der Waals surface area contributed by atoms with Crippen LogP contribution in [0.15, 0.2) is 12.1 Å². The summed E-state index contributed by atoms with van der Waals surface area (Å²) < 4.78 is 25.2. The zero-order chi connectivity index (χ0) is 12.3. The number of amides is 1. The predicted molar refractivity (Wildman–Crippen MR) is 53.4 cm³/mol.